The third-order valence-corrected chi connectivity index (χ3v) is 4.74. The first-order chi connectivity index (χ1) is 11.9. The van der Waals surface area contributed by atoms with E-state index in [9.17, 15) is 14.4 Å². The minimum Gasteiger partial charge on any atom is -0.478 e. The van der Waals surface area contributed by atoms with Crippen LogP contribution in [0.4, 0.5) is 4.79 Å². The van der Waals surface area contributed by atoms with E-state index in [4.69, 9.17) is 9.52 Å². The molecule has 0 saturated carbocycles. The molecule has 0 aliphatic carbocycles. The van der Waals surface area contributed by atoms with Crippen LogP contribution in [0.5, 0.6) is 0 Å². The number of aromatic carboxylic acids is 1. The van der Waals surface area contributed by atoms with Crippen LogP contribution in [0.3, 0.4) is 0 Å². The number of nitrogens with zero attached hydrogens (tertiary/aromatic N) is 1. The standard InChI is InChI=1S/C18H15NO5S/c1-3-19-16(20)15(25-18(19)23)9-12-5-7-14(24-12)13-6-4-11(17(21)22)8-10(13)2/h4-9H,3H2,1-2H3,(H,21,22)/b15-9-. The van der Waals surface area contributed by atoms with Gasteiger partial charge in [0.1, 0.15) is 11.5 Å². The van der Waals surface area contributed by atoms with Gasteiger partial charge in [-0.05, 0) is 55.4 Å². The van der Waals surface area contributed by atoms with E-state index in [0.717, 1.165) is 22.9 Å². The van der Waals surface area contributed by atoms with Crippen LogP contribution in [0.15, 0.2) is 39.7 Å². The summed E-state index contributed by atoms with van der Waals surface area (Å²) in [4.78, 5) is 36.3. The van der Waals surface area contributed by atoms with Crippen LogP contribution >= 0.6 is 11.8 Å². The van der Waals surface area contributed by atoms with Crippen LogP contribution in [0, 0.1) is 6.92 Å². The van der Waals surface area contributed by atoms with Crippen LogP contribution in [0.2, 0.25) is 0 Å². The average Bonchev–Trinajstić information content (AvgIpc) is 3.12. The molecule has 6 nitrogen and oxygen atoms in total. The molecule has 2 heterocycles. The van der Waals surface area contributed by atoms with E-state index in [1.807, 2.05) is 0 Å². The van der Waals surface area contributed by atoms with E-state index in [-0.39, 0.29) is 16.7 Å². The van der Waals surface area contributed by atoms with Crippen LogP contribution < -0.4 is 0 Å². The first-order valence-electron chi connectivity index (χ1n) is 7.60. The summed E-state index contributed by atoms with van der Waals surface area (Å²) in [7, 11) is 0. The maximum absolute atomic E-state index is 12.1. The van der Waals surface area contributed by atoms with E-state index in [0.29, 0.717) is 23.0 Å². The van der Waals surface area contributed by atoms with Crippen molar-refractivity contribution in [3.05, 3.63) is 52.1 Å². The lowest BCUT2D eigenvalue weighted by Gasteiger charge is -2.06. The lowest BCUT2D eigenvalue weighted by molar-refractivity contribution is -0.122. The van der Waals surface area contributed by atoms with Gasteiger partial charge in [-0.15, -0.1) is 0 Å². The molecule has 0 spiro atoms. The summed E-state index contributed by atoms with van der Waals surface area (Å²) in [5.41, 5.74) is 1.75. The summed E-state index contributed by atoms with van der Waals surface area (Å²) in [6.45, 7) is 3.88. The predicted octanol–water partition coefficient (Wildman–Crippen LogP) is 4.01. The number of amides is 2. The van der Waals surface area contributed by atoms with Gasteiger partial charge in [0.15, 0.2) is 0 Å². The van der Waals surface area contributed by atoms with Crippen molar-refractivity contribution in [3.63, 3.8) is 0 Å². The average molecular weight is 357 g/mol. The number of hydrogen-bond donors (Lipinski definition) is 1. The van der Waals surface area contributed by atoms with Gasteiger partial charge in [-0.25, -0.2) is 4.79 Å². The molecule has 1 aromatic heterocycles. The molecule has 2 amide bonds. The predicted molar refractivity (Wildman–Crippen MR) is 94.2 cm³/mol. The number of carboxylic acids is 1. The van der Waals surface area contributed by atoms with Gasteiger partial charge in [0, 0.05) is 18.2 Å². The number of imide groups is 1. The number of thioether (sulfide) groups is 1. The minimum absolute atomic E-state index is 0.210. The second-order valence-corrected chi connectivity index (χ2v) is 6.46. The number of hydrogen-bond acceptors (Lipinski definition) is 5. The normalized spacial score (nSPS) is 16.1. The maximum Gasteiger partial charge on any atom is 0.335 e. The van der Waals surface area contributed by atoms with Crippen LogP contribution in [-0.2, 0) is 4.79 Å². The lowest BCUT2D eigenvalue weighted by atomic mass is 10.0. The second-order valence-electron chi connectivity index (χ2n) is 5.46. The number of benzene rings is 1. The van der Waals surface area contributed by atoms with Crippen molar-refractivity contribution < 1.29 is 23.9 Å². The van der Waals surface area contributed by atoms with Gasteiger partial charge in [-0.2, -0.15) is 0 Å². The molecule has 0 atom stereocenters. The highest BCUT2D eigenvalue weighted by Gasteiger charge is 2.33. The van der Waals surface area contributed by atoms with Crippen LogP contribution in [0.25, 0.3) is 17.4 Å². The monoisotopic (exact) mass is 357 g/mol. The Hall–Kier alpha value is -2.80. The summed E-state index contributed by atoms with van der Waals surface area (Å²) in [6, 6.07) is 8.23. The third kappa shape index (κ3) is 3.23. The van der Waals surface area contributed by atoms with Crippen molar-refractivity contribution in [1.29, 1.82) is 0 Å². The van der Waals surface area contributed by atoms with E-state index in [1.54, 1.807) is 44.2 Å². The smallest absolute Gasteiger partial charge is 0.335 e. The third-order valence-electron chi connectivity index (χ3n) is 3.83. The quantitative estimate of drug-likeness (QED) is 0.832. The Morgan fingerprint density at radius 2 is 2.04 bits per heavy atom. The fourth-order valence-corrected chi connectivity index (χ4v) is 3.43. The van der Waals surface area contributed by atoms with Crippen molar-refractivity contribution in [1.82, 2.24) is 4.90 Å². The summed E-state index contributed by atoms with van der Waals surface area (Å²) in [5, 5.41) is 8.74. The van der Waals surface area contributed by atoms with Crippen molar-refractivity contribution in [2.75, 3.05) is 6.54 Å². The molecule has 1 fully saturated rings. The minimum atomic E-state index is -0.985. The fourth-order valence-electron chi connectivity index (χ4n) is 2.55. The Balaban J connectivity index is 1.89. The SMILES string of the molecule is CCN1C(=O)S/C(=C\c2ccc(-c3ccc(C(=O)O)cc3C)o2)C1=O. The summed E-state index contributed by atoms with van der Waals surface area (Å²) >= 11 is 0.888. The molecule has 1 aliphatic rings. The Labute approximate surface area is 148 Å². The van der Waals surface area contributed by atoms with E-state index in [1.165, 1.54) is 11.0 Å². The molecular formula is C18H15NO5S. The van der Waals surface area contributed by atoms with Crippen molar-refractivity contribution in [3.8, 4) is 11.3 Å². The van der Waals surface area contributed by atoms with Crippen LogP contribution in [-0.4, -0.2) is 33.7 Å². The number of likely N-dealkylation sites (N-methyl/N-ethyl adjacent to an activating group) is 1. The Morgan fingerprint density at radius 3 is 2.64 bits per heavy atom. The van der Waals surface area contributed by atoms with Gasteiger partial charge in [-0.3, -0.25) is 14.5 Å². The van der Waals surface area contributed by atoms with Gasteiger partial charge < -0.3 is 9.52 Å². The Morgan fingerprint density at radius 1 is 1.28 bits per heavy atom. The summed E-state index contributed by atoms with van der Waals surface area (Å²) in [5.74, 6) is -0.285. The molecule has 1 N–H and O–H groups in total. The van der Waals surface area contributed by atoms with Crippen molar-refractivity contribution in [2.45, 2.75) is 13.8 Å². The molecular weight excluding hydrogens is 342 g/mol. The first kappa shape index (κ1) is 17.0. The number of carbonyl (C=O) groups is 3. The molecule has 1 saturated heterocycles. The Bertz CT molecular complexity index is 912. The molecule has 1 aromatic carbocycles. The van der Waals surface area contributed by atoms with Crippen molar-refractivity contribution in [2.24, 2.45) is 0 Å². The molecule has 0 radical (unpaired) electrons. The first-order valence-corrected chi connectivity index (χ1v) is 8.42. The number of rotatable bonds is 4. The summed E-state index contributed by atoms with van der Waals surface area (Å²) in [6.07, 6.45) is 1.55. The summed E-state index contributed by atoms with van der Waals surface area (Å²) < 4.78 is 5.75. The molecule has 7 heteroatoms. The van der Waals surface area contributed by atoms with Gasteiger partial charge in [0.2, 0.25) is 0 Å². The van der Waals surface area contributed by atoms with Gasteiger partial charge in [-0.1, -0.05) is 6.07 Å². The van der Waals surface area contributed by atoms with Gasteiger partial charge in [0.25, 0.3) is 11.1 Å². The Kier molecular flexibility index (Phi) is 4.50. The number of aryl methyl sites for hydroxylation is 1. The highest BCUT2D eigenvalue weighted by Crippen LogP contribution is 2.33. The maximum atomic E-state index is 12.1. The van der Waals surface area contributed by atoms with Crippen LogP contribution in [0.1, 0.15) is 28.6 Å². The highest BCUT2D eigenvalue weighted by atomic mass is 32.2. The van der Waals surface area contributed by atoms with E-state index in [2.05, 4.69) is 0 Å². The zero-order chi connectivity index (χ0) is 18.1. The second kappa shape index (κ2) is 6.60. The largest absolute Gasteiger partial charge is 0.478 e. The molecule has 128 valence electrons. The molecule has 3 rings (SSSR count). The molecule has 2 aromatic rings. The van der Waals surface area contributed by atoms with E-state index >= 15 is 0 Å². The molecule has 0 bridgehead atoms. The molecule has 25 heavy (non-hydrogen) atoms. The number of carbonyl (C=O) groups excluding carboxylic acids is 2. The number of furan rings is 1. The number of carboxylic acid groups (broad SMARTS) is 1. The lowest BCUT2D eigenvalue weighted by Crippen LogP contribution is -2.27. The molecule has 1 aliphatic heterocycles. The zero-order valence-corrected chi connectivity index (χ0v) is 14.4. The fraction of sp³-hybridized carbons (Fsp3) is 0.167. The van der Waals surface area contributed by atoms with Gasteiger partial charge in [0.05, 0.1) is 10.5 Å². The van der Waals surface area contributed by atoms with Crippen molar-refractivity contribution >= 4 is 35.0 Å². The van der Waals surface area contributed by atoms with E-state index < -0.39 is 5.97 Å². The highest BCUT2D eigenvalue weighted by molar-refractivity contribution is 8.18. The van der Waals surface area contributed by atoms with Gasteiger partial charge >= 0.3 is 5.97 Å². The zero-order valence-electron chi connectivity index (χ0n) is 13.6. The molecule has 0 unspecified atom stereocenters. The topological polar surface area (TPSA) is 87.8 Å².